The normalized spacial score (nSPS) is 10.9. The van der Waals surface area contributed by atoms with E-state index in [9.17, 15) is 28.1 Å². The van der Waals surface area contributed by atoms with Crippen LogP contribution in [0.5, 0.6) is 5.75 Å². The number of benzene rings is 3. The van der Waals surface area contributed by atoms with Crippen LogP contribution in [0.15, 0.2) is 64.0 Å². The Bertz CT molecular complexity index is 1480. The fraction of sp³-hybridized carbons (Fsp3) is 0.0909. The molecule has 188 valence electrons. The molecule has 3 aromatic rings. The van der Waals surface area contributed by atoms with E-state index in [1.807, 2.05) is 0 Å². The molecule has 0 bridgehead atoms. The molecule has 0 atom stereocenters. The molecule has 0 spiro atoms. The third-order valence-corrected chi connectivity index (χ3v) is 7.04. The van der Waals surface area contributed by atoms with Gasteiger partial charge in [-0.3, -0.25) is 19.6 Å². The first-order chi connectivity index (χ1) is 16.9. The quantitative estimate of drug-likeness (QED) is 0.212. The minimum absolute atomic E-state index is 0.00751. The molecule has 0 aliphatic heterocycles. The van der Waals surface area contributed by atoms with Gasteiger partial charge in [-0.05, 0) is 58.4 Å². The maximum Gasteiger partial charge on any atom is 0.338 e. The van der Waals surface area contributed by atoms with Crippen molar-refractivity contribution in [3.63, 3.8) is 0 Å². The van der Waals surface area contributed by atoms with Crippen molar-refractivity contribution in [1.29, 1.82) is 0 Å². The third kappa shape index (κ3) is 6.11. The maximum absolute atomic E-state index is 12.9. The number of amides is 1. The van der Waals surface area contributed by atoms with E-state index in [0.29, 0.717) is 10.2 Å². The zero-order valence-electron chi connectivity index (χ0n) is 18.6. The predicted octanol–water partition coefficient (Wildman–Crippen LogP) is 4.86. The Morgan fingerprint density at radius 2 is 1.72 bits per heavy atom. The predicted molar refractivity (Wildman–Crippen MR) is 135 cm³/mol. The Balaban J connectivity index is 1.91. The summed E-state index contributed by atoms with van der Waals surface area (Å²) in [5.41, 5.74) is -0.800. The van der Waals surface area contributed by atoms with Crippen LogP contribution < -0.4 is 14.8 Å². The zero-order valence-corrected chi connectivity index (χ0v) is 21.7. The minimum Gasteiger partial charge on any atom is -0.496 e. The molecule has 0 aliphatic rings. The van der Waals surface area contributed by atoms with Gasteiger partial charge in [0.2, 0.25) is 0 Å². The molecule has 36 heavy (non-hydrogen) atoms. The molecular formula is C22H17BrClN3O8S. The number of hydrogen-bond donors (Lipinski definition) is 2. The second-order valence-corrected chi connectivity index (χ2v) is 10.0. The second kappa shape index (κ2) is 10.9. The first kappa shape index (κ1) is 26.9. The van der Waals surface area contributed by atoms with Gasteiger partial charge in [-0.15, -0.1) is 0 Å². The van der Waals surface area contributed by atoms with Gasteiger partial charge in [-0.25, -0.2) is 13.2 Å². The van der Waals surface area contributed by atoms with E-state index >= 15 is 0 Å². The van der Waals surface area contributed by atoms with E-state index in [0.717, 1.165) is 31.4 Å². The molecule has 3 rings (SSSR count). The smallest absolute Gasteiger partial charge is 0.338 e. The summed E-state index contributed by atoms with van der Waals surface area (Å²) in [7, 11) is -1.54. The lowest BCUT2D eigenvalue weighted by Gasteiger charge is -2.13. The van der Waals surface area contributed by atoms with E-state index in [-0.39, 0.29) is 32.4 Å². The first-order valence-electron chi connectivity index (χ1n) is 9.80. The highest BCUT2D eigenvalue weighted by Gasteiger charge is 2.21. The van der Waals surface area contributed by atoms with Crippen LogP contribution in [0.2, 0.25) is 5.02 Å². The van der Waals surface area contributed by atoms with Gasteiger partial charge in [-0.2, -0.15) is 0 Å². The topological polar surface area (TPSA) is 154 Å². The van der Waals surface area contributed by atoms with E-state index in [2.05, 4.69) is 30.7 Å². The van der Waals surface area contributed by atoms with Crippen molar-refractivity contribution in [2.24, 2.45) is 0 Å². The van der Waals surface area contributed by atoms with Gasteiger partial charge < -0.3 is 14.8 Å². The molecule has 11 nitrogen and oxygen atoms in total. The van der Waals surface area contributed by atoms with Crippen LogP contribution in [-0.4, -0.2) is 39.4 Å². The Kier molecular flexibility index (Phi) is 8.17. The van der Waals surface area contributed by atoms with E-state index in [4.69, 9.17) is 16.3 Å². The lowest BCUT2D eigenvalue weighted by molar-refractivity contribution is -0.384. The van der Waals surface area contributed by atoms with Crippen molar-refractivity contribution >= 4 is 66.5 Å². The monoisotopic (exact) mass is 597 g/mol. The summed E-state index contributed by atoms with van der Waals surface area (Å²) < 4.78 is 38.5. The molecule has 14 heteroatoms. The van der Waals surface area contributed by atoms with Crippen molar-refractivity contribution in [3.05, 3.63) is 85.3 Å². The SMILES string of the molecule is COC(=O)c1cc(C(=O)Nc2cc(S(=O)(=O)Nc3ccc(OC)c(Br)c3)ccc2Cl)cc([N+](=O)[O-])c1. The van der Waals surface area contributed by atoms with Gasteiger partial charge in [-0.1, -0.05) is 11.6 Å². The number of hydrogen-bond acceptors (Lipinski definition) is 8. The molecule has 3 aromatic carbocycles. The molecule has 0 aromatic heterocycles. The van der Waals surface area contributed by atoms with Gasteiger partial charge in [0.1, 0.15) is 5.75 Å². The zero-order chi connectivity index (χ0) is 26.6. The summed E-state index contributed by atoms with van der Waals surface area (Å²) in [6.45, 7) is 0. The number of rotatable bonds is 8. The Morgan fingerprint density at radius 3 is 2.33 bits per heavy atom. The Hall–Kier alpha value is -3.68. The molecule has 2 N–H and O–H groups in total. The van der Waals surface area contributed by atoms with Crippen LogP contribution in [0.1, 0.15) is 20.7 Å². The van der Waals surface area contributed by atoms with Crippen molar-refractivity contribution in [2.45, 2.75) is 4.90 Å². The number of non-ortho nitro benzene ring substituents is 1. The van der Waals surface area contributed by atoms with Gasteiger partial charge in [0, 0.05) is 17.7 Å². The van der Waals surface area contributed by atoms with E-state index in [1.165, 1.54) is 31.4 Å². The van der Waals surface area contributed by atoms with Crippen molar-refractivity contribution < 1.29 is 32.4 Å². The number of esters is 1. The van der Waals surface area contributed by atoms with E-state index in [1.54, 1.807) is 6.07 Å². The summed E-state index contributed by atoms with van der Waals surface area (Å²) in [6, 6.07) is 11.2. The molecule has 0 aliphatic carbocycles. The lowest BCUT2D eigenvalue weighted by atomic mass is 10.1. The number of anilines is 2. The number of nitrogens with one attached hydrogen (secondary N) is 2. The maximum atomic E-state index is 12.9. The van der Waals surface area contributed by atoms with Gasteiger partial charge in [0.05, 0.1) is 50.5 Å². The van der Waals surface area contributed by atoms with Crippen LogP contribution in [0.3, 0.4) is 0 Å². The molecule has 1 amide bonds. The molecule has 0 unspecified atom stereocenters. The molecule has 0 fully saturated rings. The highest BCUT2D eigenvalue weighted by molar-refractivity contribution is 9.10. The van der Waals surface area contributed by atoms with Crippen molar-refractivity contribution in [3.8, 4) is 5.75 Å². The third-order valence-electron chi connectivity index (χ3n) is 4.71. The molecule has 0 radical (unpaired) electrons. The number of halogens is 2. The number of nitrogens with zero attached hydrogens (tertiary/aromatic N) is 1. The Morgan fingerprint density at radius 1 is 1.03 bits per heavy atom. The average Bonchev–Trinajstić information content (AvgIpc) is 2.84. The number of ether oxygens (including phenoxy) is 2. The fourth-order valence-corrected chi connectivity index (χ4v) is 4.77. The Labute approximate surface area is 218 Å². The largest absolute Gasteiger partial charge is 0.496 e. The molecule has 0 saturated heterocycles. The molecule has 0 heterocycles. The summed E-state index contributed by atoms with van der Waals surface area (Å²) in [4.78, 5) is 34.9. The summed E-state index contributed by atoms with van der Waals surface area (Å²) in [5, 5.41) is 13.7. The summed E-state index contributed by atoms with van der Waals surface area (Å²) in [6.07, 6.45) is 0. The van der Waals surface area contributed by atoms with Gasteiger partial charge in [0.25, 0.3) is 21.6 Å². The van der Waals surface area contributed by atoms with Crippen molar-refractivity contribution in [2.75, 3.05) is 24.3 Å². The number of sulfonamides is 1. The average molecular weight is 599 g/mol. The summed E-state index contributed by atoms with van der Waals surface area (Å²) >= 11 is 9.42. The lowest BCUT2D eigenvalue weighted by Crippen LogP contribution is -2.16. The van der Waals surface area contributed by atoms with Gasteiger partial charge in [0.15, 0.2) is 0 Å². The van der Waals surface area contributed by atoms with Crippen LogP contribution in [0, 0.1) is 10.1 Å². The first-order valence-corrected chi connectivity index (χ1v) is 12.5. The number of carbonyl (C=O) groups excluding carboxylic acids is 2. The van der Waals surface area contributed by atoms with Crippen LogP contribution in [0.4, 0.5) is 17.1 Å². The fourth-order valence-electron chi connectivity index (χ4n) is 2.99. The highest BCUT2D eigenvalue weighted by atomic mass is 79.9. The molecular weight excluding hydrogens is 582 g/mol. The number of methoxy groups -OCH3 is 2. The standard InChI is InChI=1S/C22H17BrClN3O8S/c1-34-20-6-3-14(10-17(20)23)26-36(32,33)16-4-5-18(24)19(11-16)25-21(28)12-7-13(22(29)35-2)9-15(8-12)27(30)31/h3-11,26H,1-2H3,(H,25,28). The second-order valence-electron chi connectivity index (χ2n) is 7.07. The van der Waals surface area contributed by atoms with Gasteiger partial charge >= 0.3 is 5.97 Å². The van der Waals surface area contributed by atoms with Crippen LogP contribution in [-0.2, 0) is 14.8 Å². The molecule has 0 saturated carbocycles. The van der Waals surface area contributed by atoms with Crippen molar-refractivity contribution in [1.82, 2.24) is 0 Å². The number of carbonyl (C=O) groups is 2. The van der Waals surface area contributed by atoms with Crippen LogP contribution >= 0.6 is 27.5 Å². The van der Waals surface area contributed by atoms with Crippen LogP contribution in [0.25, 0.3) is 0 Å². The highest BCUT2D eigenvalue weighted by Crippen LogP contribution is 2.31. The number of nitro groups is 1. The summed E-state index contributed by atoms with van der Waals surface area (Å²) in [5.74, 6) is -1.24. The van der Waals surface area contributed by atoms with E-state index < -0.39 is 32.5 Å². The number of nitro benzene ring substituents is 1. The minimum atomic E-state index is -4.10.